The van der Waals surface area contributed by atoms with E-state index in [2.05, 4.69) is 6.92 Å². The van der Waals surface area contributed by atoms with Crippen molar-refractivity contribution in [1.82, 2.24) is 4.90 Å². The highest BCUT2D eigenvalue weighted by Crippen LogP contribution is 2.67. The minimum Gasteiger partial charge on any atom is -0.480 e. The maximum absolute atomic E-state index is 13.4. The molecule has 3 saturated carbocycles. The summed E-state index contributed by atoms with van der Waals surface area (Å²) in [5.74, 6) is -3.13. The summed E-state index contributed by atoms with van der Waals surface area (Å²) >= 11 is 0. The Morgan fingerprint density at radius 3 is 2.51 bits per heavy atom. The van der Waals surface area contributed by atoms with Crippen LogP contribution in [0.15, 0.2) is 11.6 Å². The SMILES string of the molecule is C[C@]12CCC(=O)C=C1CCC1C2C(O)C[C@@]2(C)C1CC[C@]2(O)C(=O)COC(=O)CCC(=O)N1CC(O)CC1C(=O)O. The van der Waals surface area contributed by atoms with E-state index in [9.17, 15) is 44.4 Å². The zero-order valence-electron chi connectivity index (χ0n) is 23.7. The first kappa shape index (κ1) is 29.8. The molecule has 4 fully saturated rings. The second-order valence-electron chi connectivity index (χ2n) is 13.3. The maximum Gasteiger partial charge on any atom is 0.326 e. The summed E-state index contributed by atoms with van der Waals surface area (Å²) in [6, 6.07) is -1.15. The molecule has 1 amide bonds. The van der Waals surface area contributed by atoms with Crippen molar-refractivity contribution in [2.45, 2.75) is 102 Å². The van der Waals surface area contributed by atoms with Gasteiger partial charge in [-0.2, -0.15) is 0 Å². The van der Waals surface area contributed by atoms with Crippen molar-refractivity contribution in [3.63, 3.8) is 0 Å². The molecule has 1 heterocycles. The van der Waals surface area contributed by atoms with E-state index in [-0.39, 0.29) is 67.6 Å². The van der Waals surface area contributed by atoms with Crippen molar-refractivity contribution < 1.29 is 49.1 Å². The fourth-order valence-electron chi connectivity index (χ4n) is 9.16. The number of fused-ring (bicyclic) bond motifs is 5. The normalized spacial score (nSPS) is 41.6. The number of carboxylic acids is 1. The number of likely N-dealkylation sites (tertiary alicyclic amines) is 1. The number of rotatable bonds is 7. The number of aliphatic carboxylic acids is 1. The van der Waals surface area contributed by atoms with Crippen LogP contribution in [0.2, 0.25) is 0 Å². The van der Waals surface area contributed by atoms with Crippen molar-refractivity contribution in [1.29, 1.82) is 0 Å². The fourth-order valence-corrected chi connectivity index (χ4v) is 9.16. The molecule has 5 aliphatic rings. The minimum absolute atomic E-state index is 0.00725. The molecule has 0 bridgehead atoms. The molecule has 41 heavy (non-hydrogen) atoms. The Bertz CT molecular complexity index is 1180. The summed E-state index contributed by atoms with van der Waals surface area (Å²) in [4.78, 5) is 62.8. The van der Waals surface area contributed by atoms with E-state index in [0.717, 1.165) is 23.3 Å². The molecule has 11 nitrogen and oxygen atoms in total. The third-order valence-corrected chi connectivity index (χ3v) is 11.3. The number of hydrogen-bond acceptors (Lipinski definition) is 9. The Balaban J connectivity index is 1.21. The molecule has 0 spiro atoms. The number of carbonyl (C=O) groups is 5. The van der Waals surface area contributed by atoms with Gasteiger partial charge in [0.25, 0.3) is 0 Å². The molecule has 4 aliphatic carbocycles. The van der Waals surface area contributed by atoms with E-state index >= 15 is 0 Å². The lowest BCUT2D eigenvalue weighted by Gasteiger charge is -2.60. The van der Waals surface area contributed by atoms with E-state index in [1.165, 1.54) is 0 Å². The number of aliphatic hydroxyl groups is 3. The van der Waals surface area contributed by atoms with Gasteiger partial charge < -0.3 is 30.1 Å². The van der Waals surface area contributed by atoms with Gasteiger partial charge in [-0.1, -0.05) is 19.4 Å². The van der Waals surface area contributed by atoms with Crippen molar-refractivity contribution in [3.8, 4) is 0 Å². The molecular weight excluding hydrogens is 534 g/mol. The molecule has 0 aromatic carbocycles. The zero-order chi connectivity index (χ0) is 29.9. The van der Waals surface area contributed by atoms with Gasteiger partial charge in [-0.05, 0) is 67.8 Å². The quantitative estimate of drug-likeness (QED) is 0.322. The highest BCUT2D eigenvalue weighted by molar-refractivity contribution is 5.92. The molecule has 0 aromatic heterocycles. The van der Waals surface area contributed by atoms with Crippen LogP contribution >= 0.6 is 0 Å². The Morgan fingerprint density at radius 2 is 1.80 bits per heavy atom. The van der Waals surface area contributed by atoms with Crippen LogP contribution in [0.1, 0.15) is 78.1 Å². The Hall–Kier alpha value is -2.63. The molecular formula is C30H41NO10. The molecule has 4 N–H and O–H groups in total. The number of carboxylic acid groups (broad SMARTS) is 1. The van der Waals surface area contributed by atoms with Crippen LogP contribution in [0.5, 0.6) is 0 Å². The predicted octanol–water partition coefficient (Wildman–Crippen LogP) is 1.16. The molecule has 1 aliphatic heterocycles. The van der Waals surface area contributed by atoms with E-state index in [0.29, 0.717) is 19.3 Å². The largest absolute Gasteiger partial charge is 0.480 e. The molecule has 11 heteroatoms. The number of ether oxygens (including phenoxy) is 1. The van der Waals surface area contributed by atoms with Gasteiger partial charge in [-0.3, -0.25) is 19.2 Å². The number of aliphatic hydroxyl groups excluding tert-OH is 2. The molecule has 6 unspecified atom stereocenters. The number of allylic oxidation sites excluding steroid dienone is 1. The Morgan fingerprint density at radius 1 is 1.07 bits per heavy atom. The summed E-state index contributed by atoms with van der Waals surface area (Å²) in [6.07, 6.45) is 2.99. The monoisotopic (exact) mass is 575 g/mol. The lowest BCUT2D eigenvalue weighted by atomic mass is 9.45. The van der Waals surface area contributed by atoms with Crippen molar-refractivity contribution in [2.24, 2.45) is 28.6 Å². The van der Waals surface area contributed by atoms with Crippen LogP contribution in [0.25, 0.3) is 0 Å². The first-order valence-electron chi connectivity index (χ1n) is 14.7. The Labute approximate surface area is 238 Å². The van der Waals surface area contributed by atoms with E-state index in [1.54, 1.807) is 6.08 Å². The van der Waals surface area contributed by atoms with Crippen LogP contribution in [0.3, 0.4) is 0 Å². The Kier molecular flexibility index (Phi) is 7.70. The first-order valence-corrected chi connectivity index (χ1v) is 14.7. The second-order valence-corrected chi connectivity index (χ2v) is 13.3. The van der Waals surface area contributed by atoms with Crippen LogP contribution in [-0.2, 0) is 28.7 Å². The minimum atomic E-state index is -1.78. The number of amides is 1. The van der Waals surface area contributed by atoms with Gasteiger partial charge in [0.1, 0.15) is 11.6 Å². The third kappa shape index (κ3) is 4.83. The predicted molar refractivity (Wildman–Crippen MR) is 142 cm³/mol. The van der Waals surface area contributed by atoms with Gasteiger partial charge in [0, 0.05) is 31.2 Å². The molecule has 9 atom stereocenters. The number of ketones is 2. The van der Waals surface area contributed by atoms with Gasteiger partial charge in [0.2, 0.25) is 11.7 Å². The molecule has 226 valence electrons. The lowest BCUT2D eigenvalue weighted by Crippen LogP contribution is -2.62. The average Bonchev–Trinajstić information content (AvgIpc) is 3.43. The van der Waals surface area contributed by atoms with Crippen molar-refractivity contribution in [2.75, 3.05) is 13.2 Å². The average molecular weight is 576 g/mol. The standard InChI is InChI=1S/C30H41NO10/c1-28-9-7-17(32)11-16(28)3-4-19-20-8-10-30(40,29(20,2)13-22(34)26(19)28)23(35)15-41-25(37)6-5-24(36)31-14-18(33)12-21(31)27(38)39/h11,18-22,26,33-34,40H,3-10,12-15H2,1-2H3,(H,38,39)/t18?,19?,20?,21?,22?,26?,28-,29-,30-/m0/s1. The maximum atomic E-state index is 13.4. The van der Waals surface area contributed by atoms with Gasteiger partial charge >= 0.3 is 11.9 Å². The number of nitrogens with zero attached hydrogens (tertiary/aromatic N) is 1. The van der Waals surface area contributed by atoms with Crippen molar-refractivity contribution in [3.05, 3.63) is 11.6 Å². The number of esters is 1. The second kappa shape index (κ2) is 10.6. The van der Waals surface area contributed by atoms with E-state index < -0.39 is 59.5 Å². The van der Waals surface area contributed by atoms with Gasteiger partial charge in [0.05, 0.1) is 18.6 Å². The van der Waals surface area contributed by atoms with E-state index in [1.807, 2.05) is 6.92 Å². The fraction of sp³-hybridized carbons (Fsp3) is 0.767. The summed E-state index contributed by atoms with van der Waals surface area (Å²) in [6.45, 7) is 3.20. The topological polar surface area (TPSA) is 179 Å². The smallest absolute Gasteiger partial charge is 0.326 e. The van der Waals surface area contributed by atoms with Crippen LogP contribution < -0.4 is 0 Å². The van der Waals surface area contributed by atoms with Gasteiger partial charge in [-0.15, -0.1) is 0 Å². The summed E-state index contributed by atoms with van der Waals surface area (Å²) in [5.41, 5.74) is -1.86. The highest BCUT2D eigenvalue weighted by atomic mass is 16.5. The summed E-state index contributed by atoms with van der Waals surface area (Å²) in [7, 11) is 0. The highest BCUT2D eigenvalue weighted by Gasteiger charge is 2.68. The van der Waals surface area contributed by atoms with Crippen LogP contribution in [0.4, 0.5) is 0 Å². The third-order valence-electron chi connectivity index (χ3n) is 11.3. The summed E-state index contributed by atoms with van der Waals surface area (Å²) < 4.78 is 5.16. The van der Waals surface area contributed by atoms with Gasteiger partial charge in [-0.25, -0.2) is 4.79 Å². The van der Waals surface area contributed by atoms with Crippen molar-refractivity contribution >= 4 is 29.4 Å². The molecule has 0 aromatic rings. The molecule has 5 rings (SSSR count). The van der Waals surface area contributed by atoms with Crippen LogP contribution in [-0.4, -0.2) is 91.7 Å². The number of Topliss-reactive ketones (excluding diaryl/α,β-unsaturated/α-hetero) is 1. The van der Waals surface area contributed by atoms with Crippen LogP contribution in [0, 0.1) is 28.6 Å². The molecule has 1 saturated heterocycles. The lowest BCUT2D eigenvalue weighted by molar-refractivity contribution is -0.184. The number of hydrogen-bond donors (Lipinski definition) is 4. The van der Waals surface area contributed by atoms with E-state index in [4.69, 9.17) is 4.74 Å². The zero-order valence-corrected chi connectivity index (χ0v) is 23.7. The number of carbonyl (C=O) groups excluding carboxylic acids is 4. The number of β-amino-alcohol motifs (C(OH)–C–C–N with tert-alkyl or cyclic N) is 1. The first-order chi connectivity index (χ1) is 19.2. The molecule has 0 radical (unpaired) electrons. The van der Waals surface area contributed by atoms with Gasteiger partial charge in [0.15, 0.2) is 12.4 Å². The summed E-state index contributed by atoms with van der Waals surface area (Å²) in [5, 5.41) is 42.3.